The number of carboxylic acids is 1. The lowest BCUT2D eigenvalue weighted by atomic mass is 10.00. The summed E-state index contributed by atoms with van der Waals surface area (Å²) < 4.78 is 0.952. The summed E-state index contributed by atoms with van der Waals surface area (Å²) in [6, 6.07) is 12.1. The molecular formula is C17H15BrClNO3. The lowest BCUT2D eigenvalue weighted by Gasteiger charge is -2.14. The minimum absolute atomic E-state index is 0.0273. The Kier molecular flexibility index (Phi) is 5.80. The Balaban J connectivity index is 2.11. The monoisotopic (exact) mass is 395 g/mol. The maximum Gasteiger partial charge on any atom is 0.337 e. The fourth-order valence-electron chi connectivity index (χ4n) is 2.17. The zero-order chi connectivity index (χ0) is 17.0. The van der Waals surface area contributed by atoms with E-state index in [0.717, 1.165) is 10.0 Å². The molecule has 0 aromatic heterocycles. The van der Waals surface area contributed by atoms with Crippen molar-refractivity contribution in [1.82, 2.24) is 0 Å². The highest BCUT2D eigenvalue weighted by atomic mass is 79.9. The number of hydrogen-bond donors (Lipinski definition) is 2. The summed E-state index contributed by atoms with van der Waals surface area (Å²) in [5, 5.41) is 12.2. The normalized spacial score (nSPS) is 11.8. The van der Waals surface area contributed by atoms with Crippen molar-refractivity contribution in [1.29, 1.82) is 0 Å². The number of halogens is 2. The number of hydrogen-bond acceptors (Lipinski definition) is 2. The molecule has 0 aliphatic carbocycles. The quantitative estimate of drug-likeness (QED) is 0.775. The molecule has 1 amide bonds. The summed E-state index contributed by atoms with van der Waals surface area (Å²) in [5.74, 6) is -1.68. The maximum atomic E-state index is 12.3. The van der Waals surface area contributed by atoms with Gasteiger partial charge in [-0.25, -0.2) is 4.79 Å². The Bertz CT molecular complexity index is 748. The van der Waals surface area contributed by atoms with Crippen LogP contribution in [0.5, 0.6) is 0 Å². The van der Waals surface area contributed by atoms with Crippen LogP contribution in [0, 0.1) is 5.92 Å². The average molecular weight is 397 g/mol. The van der Waals surface area contributed by atoms with Gasteiger partial charge in [0.15, 0.2) is 0 Å². The Morgan fingerprint density at radius 2 is 2.00 bits per heavy atom. The van der Waals surface area contributed by atoms with Crippen molar-refractivity contribution in [3.63, 3.8) is 0 Å². The molecule has 4 nitrogen and oxygen atoms in total. The van der Waals surface area contributed by atoms with Crippen molar-refractivity contribution in [2.45, 2.75) is 13.3 Å². The van der Waals surface area contributed by atoms with Gasteiger partial charge in [-0.15, -0.1) is 0 Å². The van der Waals surface area contributed by atoms with E-state index in [1.807, 2.05) is 24.3 Å². The molecule has 2 aromatic carbocycles. The first-order valence-corrected chi connectivity index (χ1v) is 8.12. The third-order valence-electron chi connectivity index (χ3n) is 3.35. The van der Waals surface area contributed by atoms with Crippen molar-refractivity contribution in [2.24, 2.45) is 5.92 Å². The number of carbonyl (C=O) groups excluding carboxylic acids is 1. The number of rotatable bonds is 5. The van der Waals surface area contributed by atoms with Crippen LogP contribution in [-0.2, 0) is 11.2 Å². The molecule has 1 atom stereocenters. The fourth-order valence-corrected chi connectivity index (χ4v) is 2.79. The number of anilines is 1. The highest BCUT2D eigenvalue weighted by molar-refractivity contribution is 9.10. The Morgan fingerprint density at radius 3 is 2.65 bits per heavy atom. The van der Waals surface area contributed by atoms with Crippen LogP contribution in [0.25, 0.3) is 0 Å². The molecule has 23 heavy (non-hydrogen) atoms. The lowest BCUT2D eigenvalue weighted by Crippen LogP contribution is -2.23. The van der Waals surface area contributed by atoms with Crippen LogP contribution in [0.1, 0.15) is 22.8 Å². The first kappa shape index (κ1) is 17.5. The molecule has 0 saturated heterocycles. The number of aromatic carboxylic acids is 1. The second kappa shape index (κ2) is 7.62. The molecule has 0 aliphatic heterocycles. The second-order valence-electron chi connectivity index (χ2n) is 5.22. The Labute approximate surface area is 147 Å². The number of benzene rings is 2. The third-order valence-corrected chi connectivity index (χ3v) is 4.08. The van der Waals surface area contributed by atoms with E-state index in [2.05, 4.69) is 21.2 Å². The molecule has 0 fully saturated rings. The fraction of sp³-hybridized carbons (Fsp3) is 0.176. The molecule has 120 valence electrons. The minimum atomic E-state index is -1.14. The first-order valence-electron chi connectivity index (χ1n) is 6.95. The molecule has 1 unspecified atom stereocenters. The molecule has 0 aliphatic rings. The van der Waals surface area contributed by atoms with Gasteiger partial charge in [0, 0.05) is 15.4 Å². The predicted octanol–water partition coefficient (Wildman–Crippen LogP) is 4.62. The van der Waals surface area contributed by atoms with Crippen LogP contribution < -0.4 is 5.32 Å². The van der Waals surface area contributed by atoms with E-state index in [0.29, 0.717) is 11.4 Å². The molecule has 0 radical (unpaired) electrons. The van der Waals surface area contributed by atoms with Gasteiger partial charge < -0.3 is 10.4 Å². The third kappa shape index (κ3) is 4.81. The van der Waals surface area contributed by atoms with Gasteiger partial charge in [0.2, 0.25) is 5.91 Å². The van der Waals surface area contributed by atoms with E-state index < -0.39 is 5.97 Å². The van der Waals surface area contributed by atoms with Gasteiger partial charge in [0.1, 0.15) is 0 Å². The highest BCUT2D eigenvalue weighted by Crippen LogP contribution is 2.22. The van der Waals surface area contributed by atoms with E-state index in [1.54, 1.807) is 13.0 Å². The van der Waals surface area contributed by atoms with Crippen molar-refractivity contribution in [2.75, 3.05) is 5.32 Å². The van der Waals surface area contributed by atoms with Crippen LogP contribution in [-0.4, -0.2) is 17.0 Å². The molecule has 2 rings (SSSR count). The van der Waals surface area contributed by atoms with Crippen LogP contribution >= 0.6 is 27.5 Å². The first-order chi connectivity index (χ1) is 10.9. The van der Waals surface area contributed by atoms with Gasteiger partial charge in [0.05, 0.1) is 11.3 Å². The molecule has 0 bridgehead atoms. The molecular weight excluding hydrogens is 382 g/mol. The molecule has 0 saturated carbocycles. The summed E-state index contributed by atoms with van der Waals surface area (Å²) in [4.78, 5) is 23.6. The largest absolute Gasteiger partial charge is 0.478 e. The molecule has 2 aromatic rings. The summed E-state index contributed by atoms with van der Waals surface area (Å²) in [7, 11) is 0. The standard InChI is InChI=1S/C17H15BrClNO3/c1-10(7-11-3-2-4-12(18)8-11)16(21)20-15-6-5-13(19)9-14(15)17(22)23/h2-6,8-10H,7H2,1H3,(H,20,21)(H,22,23). The summed E-state index contributed by atoms with van der Waals surface area (Å²) in [6.45, 7) is 1.80. The second-order valence-corrected chi connectivity index (χ2v) is 6.57. The van der Waals surface area contributed by atoms with Crippen molar-refractivity contribution >= 4 is 45.1 Å². The zero-order valence-corrected chi connectivity index (χ0v) is 14.7. The van der Waals surface area contributed by atoms with Crippen LogP contribution in [0.3, 0.4) is 0 Å². The number of carboxylic acid groups (broad SMARTS) is 1. The smallest absolute Gasteiger partial charge is 0.337 e. The topological polar surface area (TPSA) is 66.4 Å². The van der Waals surface area contributed by atoms with E-state index in [-0.39, 0.29) is 23.1 Å². The minimum Gasteiger partial charge on any atom is -0.478 e. The number of amides is 1. The van der Waals surface area contributed by atoms with Crippen molar-refractivity contribution < 1.29 is 14.7 Å². The average Bonchev–Trinajstić information content (AvgIpc) is 2.48. The van der Waals surface area contributed by atoms with Gasteiger partial charge >= 0.3 is 5.97 Å². The van der Waals surface area contributed by atoms with Crippen molar-refractivity contribution in [3.05, 3.63) is 63.1 Å². The SMILES string of the molecule is CC(Cc1cccc(Br)c1)C(=O)Nc1ccc(Cl)cc1C(=O)O. The number of nitrogens with one attached hydrogen (secondary N) is 1. The molecule has 0 spiro atoms. The Hall–Kier alpha value is -1.85. The zero-order valence-electron chi connectivity index (χ0n) is 12.3. The maximum absolute atomic E-state index is 12.3. The molecule has 0 heterocycles. The predicted molar refractivity (Wildman–Crippen MR) is 94.1 cm³/mol. The lowest BCUT2D eigenvalue weighted by molar-refractivity contribution is -0.119. The highest BCUT2D eigenvalue weighted by Gasteiger charge is 2.18. The van der Waals surface area contributed by atoms with Gasteiger partial charge in [-0.05, 0) is 42.3 Å². The number of carbonyl (C=O) groups is 2. The van der Waals surface area contributed by atoms with E-state index >= 15 is 0 Å². The molecule has 2 N–H and O–H groups in total. The summed E-state index contributed by atoms with van der Waals surface area (Å²) >= 11 is 9.20. The molecule has 6 heteroatoms. The van der Waals surface area contributed by atoms with E-state index in [9.17, 15) is 14.7 Å². The van der Waals surface area contributed by atoms with Crippen LogP contribution in [0.4, 0.5) is 5.69 Å². The summed E-state index contributed by atoms with van der Waals surface area (Å²) in [5.41, 5.74) is 1.24. The van der Waals surface area contributed by atoms with Gasteiger partial charge in [0.25, 0.3) is 0 Å². The van der Waals surface area contributed by atoms with Gasteiger partial charge in [-0.1, -0.05) is 46.6 Å². The van der Waals surface area contributed by atoms with Crippen LogP contribution in [0.15, 0.2) is 46.9 Å². The van der Waals surface area contributed by atoms with Gasteiger partial charge in [-0.3, -0.25) is 4.79 Å². The van der Waals surface area contributed by atoms with E-state index in [1.165, 1.54) is 12.1 Å². The van der Waals surface area contributed by atoms with Crippen LogP contribution in [0.2, 0.25) is 5.02 Å². The van der Waals surface area contributed by atoms with E-state index in [4.69, 9.17) is 11.6 Å². The Morgan fingerprint density at radius 1 is 1.26 bits per heavy atom. The van der Waals surface area contributed by atoms with Gasteiger partial charge in [-0.2, -0.15) is 0 Å². The van der Waals surface area contributed by atoms with Crippen molar-refractivity contribution in [3.8, 4) is 0 Å². The summed E-state index contributed by atoms with van der Waals surface area (Å²) in [6.07, 6.45) is 0.557.